The number of nitrogen functional groups attached to an aromatic ring is 1. The van der Waals surface area contributed by atoms with Crippen molar-refractivity contribution in [2.24, 2.45) is 0 Å². The Morgan fingerprint density at radius 2 is 2.37 bits per heavy atom. The van der Waals surface area contributed by atoms with Gasteiger partial charge in [-0.3, -0.25) is 0 Å². The summed E-state index contributed by atoms with van der Waals surface area (Å²) in [5, 5.41) is 0. The minimum atomic E-state index is -0.428. The van der Waals surface area contributed by atoms with Crippen LogP contribution in [0.25, 0.3) is 0 Å². The summed E-state index contributed by atoms with van der Waals surface area (Å²) in [6.45, 7) is 3.36. The molecule has 1 unspecified atom stereocenters. The van der Waals surface area contributed by atoms with E-state index in [0.29, 0.717) is 30.2 Å². The Hall–Kier alpha value is -1.75. The van der Waals surface area contributed by atoms with E-state index in [2.05, 4.69) is 0 Å². The van der Waals surface area contributed by atoms with E-state index in [1.54, 1.807) is 25.1 Å². The van der Waals surface area contributed by atoms with Crippen LogP contribution in [-0.4, -0.2) is 31.9 Å². The predicted molar refractivity (Wildman–Crippen MR) is 71.3 cm³/mol. The van der Waals surface area contributed by atoms with Crippen molar-refractivity contribution >= 4 is 11.7 Å². The lowest BCUT2D eigenvalue weighted by atomic mass is 10.1. The van der Waals surface area contributed by atoms with Crippen LogP contribution in [0.2, 0.25) is 0 Å². The van der Waals surface area contributed by atoms with Gasteiger partial charge >= 0.3 is 5.97 Å². The summed E-state index contributed by atoms with van der Waals surface area (Å²) < 4.78 is 16.0. The summed E-state index contributed by atoms with van der Waals surface area (Å²) in [5.74, 6) is 0.176. The Morgan fingerprint density at radius 3 is 3.05 bits per heavy atom. The largest absolute Gasteiger partial charge is 0.491 e. The molecule has 5 heteroatoms. The van der Waals surface area contributed by atoms with Gasteiger partial charge in [-0.25, -0.2) is 4.79 Å². The van der Waals surface area contributed by atoms with E-state index in [4.69, 9.17) is 19.9 Å². The Labute approximate surface area is 112 Å². The molecule has 0 saturated carbocycles. The van der Waals surface area contributed by atoms with Gasteiger partial charge in [-0.1, -0.05) is 0 Å². The Kier molecular flexibility index (Phi) is 4.63. The lowest BCUT2D eigenvalue weighted by Crippen LogP contribution is -2.16. The number of rotatable bonds is 5. The lowest BCUT2D eigenvalue weighted by molar-refractivity contribution is 0.0526. The second-order valence-corrected chi connectivity index (χ2v) is 4.42. The van der Waals surface area contributed by atoms with Gasteiger partial charge < -0.3 is 19.9 Å². The number of hydrogen-bond donors (Lipinski definition) is 1. The predicted octanol–water partition coefficient (Wildman–Crippen LogP) is 2.00. The van der Waals surface area contributed by atoms with Gasteiger partial charge in [0.05, 0.1) is 18.3 Å². The van der Waals surface area contributed by atoms with Crippen molar-refractivity contribution in [2.45, 2.75) is 25.9 Å². The maximum Gasteiger partial charge on any atom is 0.340 e. The summed E-state index contributed by atoms with van der Waals surface area (Å²) in [4.78, 5) is 11.7. The third-order valence-corrected chi connectivity index (χ3v) is 2.98. The van der Waals surface area contributed by atoms with Crippen molar-refractivity contribution in [3.8, 4) is 5.75 Å². The van der Waals surface area contributed by atoms with E-state index in [-0.39, 0.29) is 6.10 Å². The van der Waals surface area contributed by atoms with Gasteiger partial charge in [0.15, 0.2) is 0 Å². The standard InChI is InChI=1S/C14H19NO4/c1-2-17-14(16)12-8-10(5-6-13(12)15)19-9-11-4-3-7-18-11/h5-6,8,11H,2-4,7,9,15H2,1H3. The van der Waals surface area contributed by atoms with E-state index in [0.717, 1.165) is 19.4 Å². The highest BCUT2D eigenvalue weighted by molar-refractivity contribution is 5.95. The fourth-order valence-electron chi connectivity index (χ4n) is 1.98. The van der Waals surface area contributed by atoms with E-state index < -0.39 is 5.97 Å². The second kappa shape index (κ2) is 6.43. The zero-order chi connectivity index (χ0) is 13.7. The smallest absolute Gasteiger partial charge is 0.340 e. The summed E-state index contributed by atoms with van der Waals surface area (Å²) in [7, 11) is 0. The molecule has 2 N–H and O–H groups in total. The Bertz CT molecular complexity index is 441. The first-order valence-corrected chi connectivity index (χ1v) is 6.51. The van der Waals surface area contributed by atoms with Gasteiger partial charge in [0, 0.05) is 12.3 Å². The van der Waals surface area contributed by atoms with E-state index >= 15 is 0 Å². The molecule has 0 spiro atoms. The van der Waals surface area contributed by atoms with Crippen molar-refractivity contribution in [3.05, 3.63) is 23.8 Å². The number of carbonyl (C=O) groups excluding carboxylic acids is 1. The molecule has 104 valence electrons. The summed E-state index contributed by atoms with van der Waals surface area (Å²) >= 11 is 0. The fourth-order valence-corrected chi connectivity index (χ4v) is 1.98. The minimum Gasteiger partial charge on any atom is -0.491 e. The van der Waals surface area contributed by atoms with Crippen LogP contribution in [0.15, 0.2) is 18.2 Å². The molecule has 1 heterocycles. The summed E-state index contributed by atoms with van der Waals surface area (Å²) in [5.41, 5.74) is 6.49. The summed E-state index contributed by atoms with van der Waals surface area (Å²) in [6, 6.07) is 5.01. The number of esters is 1. The molecule has 0 amide bonds. The average Bonchev–Trinajstić information content (AvgIpc) is 2.91. The van der Waals surface area contributed by atoms with Gasteiger partial charge in [-0.15, -0.1) is 0 Å². The van der Waals surface area contributed by atoms with Crippen LogP contribution in [0, 0.1) is 0 Å². The maximum atomic E-state index is 11.7. The number of hydrogen-bond acceptors (Lipinski definition) is 5. The molecule has 0 bridgehead atoms. The number of carbonyl (C=O) groups is 1. The Balaban J connectivity index is 2.00. The van der Waals surface area contributed by atoms with Gasteiger partial charge in [0.1, 0.15) is 12.4 Å². The highest BCUT2D eigenvalue weighted by atomic mass is 16.5. The zero-order valence-corrected chi connectivity index (χ0v) is 11.1. The van der Waals surface area contributed by atoms with E-state index in [1.807, 2.05) is 0 Å². The second-order valence-electron chi connectivity index (χ2n) is 4.42. The lowest BCUT2D eigenvalue weighted by Gasteiger charge is -2.13. The van der Waals surface area contributed by atoms with Gasteiger partial charge in [-0.2, -0.15) is 0 Å². The number of benzene rings is 1. The molecule has 1 atom stereocenters. The number of ether oxygens (including phenoxy) is 3. The normalized spacial score (nSPS) is 18.3. The van der Waals surface area contributed by atoms with Crippen LogP contribution in [-0.2, 0) is 9.47 Å². The van der Waals surface area contributed by atoms with Crippen molar-refractivity contribution in [3.63, 3.8) is 0 Å². The molecule has 1 aliphatic rings. The van der Waals surface area contributed by atoms with Crippen molar-refractivity contribution < 1.29 is 19.0 Å². The topological polar surface area (TPSA) is 70.8 Å². The van der Waals surface area contributed by atoms with E-state index in [1.165, 1.54) is 0 Å². The first-order valence-electron chi connectivity index (χ1n) is 6.51. The van der Waals surface area contributed by atoms with Crippen LogP contribution >= 0.6 is 0 Å². The van der Waals surface area contributed by atoms with Crippen LogP contribution in [0.3, 0.4) is 0 Å². The summed E-state index contributed by atoms with van der Waals surface area (Å²) in [6.07, 6.45) is 2.23. The van der Waals surface area contributed by atoms with Crippen molar-refractivity contribution in [1.29, 1.82) is 0 Å². The first kappa shape index (κ1) is 13.7. The number of nitrogens with two attached hydrogens (primary N) is 1. The molecule has 19 heavy (non-hydrogen) atoms. The van der Waals surface area contributed by atoms with Gasteiger partial charge in [0.25, 0.3) is 0 Å². The zero-order valence-electron chi connectivity index (χ0n) is 11.1. The highest BCUT2D eigenvalue weighted by Gasteiger charge is 2.17. The number of anilines is 1. The van der Waals surface area contributed by atoms with Crippen LogP contribution in [0.4, 0.5) is 5.69 Å². The maximum absolute atomic E-state index is 11.7. The van der Waals surface area contributed by atoms with E-state index in [9.17, 15) is 4.79 Å². The molecule has 1 aromatic rings. The molecule has 1 aliphatic heterocycles. The first-order chi connectivity index (χ1) is 9.20. The highest BCUT2D eigenvalue weighted by Crippen LogP contribution is 2.22. The molecule has 1 fully saturated rings. The molecule has 2 rings (SSSR count). The molecule has 0 radical (unpaired) electrons. The van der Waals surface area contributed by atoms with Crippen LogP contribution < -0.4 is 10.5 Å². The van der Waals surface area contributed by atoms with Gasteiger partial charge in [0.2, 0.25) is 0 Å². The molecule has 1 aromatic carbocycles. The van der Waals surface area contributed by atoms with Crippen LogP contribution in [0.1, 0.15) is 30.1 Å². The molecule has 1 saturated heterocycles. The molecule has 0 aliphatic carbocycles. The monoisotopic (exact) mass is 265 g/mol. The Morgan fingerprint density at radius 1 is 1.53 bits per heavy atom. The molecule has 5 nitrogen and oxygen atoms in total. The fraction of sp³-hybridized carbons (Fsp3) is 0.500. The molecular formula is C14H19NO4. The third kappa shape index (κ3) is 3.61. The molecule has 0 aromatic heterocycles. The van der Waals surface area contributed by atoms with Crippen molar-refractivity contribution in [1.82, 2.24) is 0 Å². The quantitative estimate of drug-likeness (QED) is 0.651. The van der Waals surface area contributed by atoms with Crippen LogP contribution in [0.5, 0.6) is 5.75 Å². The average molecular weight is 265 g/mol. The SMILES string of the molecule is CCOC(=O)c1cc(OCC2CCCO2)ccc1N. The van der Waals surface area contributed by atoms with Gasteiger partial charge in [-0.05, 0) is 38.0 Å². The molecular weight excluding hydrogens is 246 g/mol. The van der Waals surface area contributed by atoms with Crippen molar-refractivity contribution in [2.75, 3.05) is 25.6 Å². The third-order valence-electron chi connectivity index (χ3n) is 2.98. The minimum absolute atomic E-state index is 0.142.